The van der Waals surface area contributed by atoms with E-state index in [-0.39, 0.29) is 5.91 Å². The smallest absolute Gasteiger partial charge is 0.272 e. The van der Waals surface area contributed by atoms with Crippen LogP contribution in [-0.4, -0.2) is 33.9 Å². The number of carbonyl (C=O) groups excluding carboxylic acids is 1. The molecule has 6 heteroatoms. The van der Waals surface area contributed by atoms with Gasteiger partial charge in [-0.1, -0.05) is 22.0 Å². The Morgan fingerprint density at radius 3 is 2.76 bits per heavy atom. The second-order valence-electron chi connectivity index (χ2n) is 4.92. The maximum atomic E-state index is 12.3. The van der Waals surface area contributed by atoms with Crippen LogP contribution in [0.1, 0.15) is 23.3 Å². The van der Waals surface area contributed by atoms with Gasteiger partial charge in [0, 0.05) is 29.3 Å². The highest BCUT2D eigenvalue weighted by molar-refractivity contribution is 9.10. The van der Waals surface area contributed by atoms with E-state index < -0.39 is 0 Å². The predicted molar refractivity (Wildman–Crippen MR) is 84.6 cm³/mol. The van der Waals surface area contributed by atoms with E-state index in [9.17, 15) is 4.79 Å². The van der Waals surface area contributed by atoms with Crippen molar-refractivity contribution < 1.29 is 4.79 Å². The van der Waals surface area contributed by atoms with Crippen molar-refractivity contribution in [2.75, 3.05) is 18.4 Å². The molecule has 2 aromatic rings. The van der Waals surface area contributed by atoms with E-state index in [2.05, 4.69) is 31.2 Å². The van der Waals surface area contributed by atoms with E-state index in [4.69, 9.17) is 0 Å². The van der Waals surface area contributed by atoms with E-state index in [0.717, 1.165) is 36.1 Å². The number of nitrogens with one attached hydrogen (secondary N) is 1. The Morgan fingerprint density at radius 1 is 1.19 bits per heavy atom. The molecule has 0 saturated carbocycles. The van der Waals surface area contributed by atoms with Crippen molar-refractivity contribution in [1.29, 1.82) is 0 Å². The van der Waals surface area contributed by atoms with E-state index in [0.29, 0.717) is 11.5 Å². The van der Waals surface area contributed by atoms with Crippen LogP contribution in [0.3, 0.4) is 0 Å². The molecule has 21 heavy (non-hydrogen) atoms. The average Bonchev–Trinajstić information content (AvgIpc) is 3.01. The molecule has 1 aromatic carbocycles. The van der Waals surface area contributed by atoms with E-state index in [1.807, 2.05) is 29.2 Å². The minimum absolute atomic E-state index is 0.0211. The van der Waals surface area contributed by atoms with Crippen molar-refractivity contribution in [1.82, 2.24) is 14.9 Å². The van der Waals surface area contributed by atoms with Gasteiger partial charge in [0.15, 0.2) is 0 Å². The highest BCUT2D eigenvalue weighted by Crippen LogP contribution is 2.20. The van der Waals surface area contributed by atoms with Crippen LogP contribution in [-0.2, 0) is 0 Å². The largest absolute Gasteiger partial charge is 0.340 e. The summed E-state index contributed by atoms with van der Waals surface area (Å²) in [6, 6.07) is 9.47. The molecule has 1 fully saturated rings. The molecule has 1 amide bonds. The first-order valence-corrected chi connectivity index (χ1v) is 7.65. The molecule has 1 aromatic heterocycles. The summed E-state index contributed by atoms with van der Waals surface area (Å²) in [6.45, 7) is 1.63. The Morgan fingerprint density at radius 2 is 2.00 bits per heavy atom. The number of hydrogen-bond donors (Lipinski definition) is 1. The summed E-state index contributed by atoms with van der Waals surface area (Å²) in [7, 11) is 0. The van der Waals surface area contributed by atoms with Gasteiger partial charge in [0.2, 0.25) is 0 Å². The lowest BCUT2D eigenvalue weighted by molar-refractivity contribution is 0.0787. The first-order chi connectivity index (χ1) is 10.2. The summed E-state index contributed by atoms with van der Waals surface area (Å²) in [5.74, 6) is 0.595. The lowest BCUT2D eigenvalue weighted by atomic mass is 10.3. The number of carbonyl (C=O) groups is 1. The Labute approximate surface area is 131 Å². The Hall–Kier alpha value is -1.95. The second kappa shape index (κ2) is 6.22. The van der Waals surface area contributed by atoms with Crippen molar-refractivity contribution >= 4 is 33.3 Å². The van der Waals surface area contributed by atoms with E-state index in [1.165, 1.54) is 6.33 Å². The zero-order chi connectivity index (χ0) is 14.7. The van der Waals surface area contributed by atoms with Crippen molar-refractivity contribution in [2.45, 2.75) is 12.8 Å². The van der Waals surface area contributed by atoms with Gasteiger partial charge in [-0.3, -0.25) is 4.79 Å². The molecule has 0 atom stereocenters. The van der Waals surface area contributed by atoms with Crippen molar-refractivity contribution in [2.24, 2.45) is 0 Å². The number of anilines is 2. The molecular weight excluding hydrogens is 332 g/mol. The molecule has 1 saturated heterocycles. The number of hydrogen-bond acceptors (Lipinski definition) is 4. The van der Waals surface area contributed by atoms with E-state index >= 15 is 0 Å². The maximum absolute atomic E-state index is 12.3. The lowest BCUT2D eigenvalue weighted by Crippen LogP contribution is -2.28. The van der Waals surface area contributed by atoms with Crippen LogP contribution in [0, 0.1) is 0 Å². The zero-order valence-corrected chi connectivity index (χ0v) is 13.0. The van der Waals surface area contributed by atoms with Gasteiger partial charge in [-0.2, -0.15) is 0 Å². The molecular formula is C15H15BrN4O. The molecule has 0 spiro atoms. The highest BCUT2D eigenvalue weighted by atomic mass is 79.9. The summed E-state index contributed by atoms with van der Waals surface area (Å²) < 4.78 is 0.981. The summed E-state index contributed by atoms with van der Waals surface area (Å²) in [5.41, 5.74) is 1.34. The number of nitrogens with zero attached hydrogens (tertiary/aromatic N) is 3. The van der Waals surface area contributed by atoms with Crippen molar-refractivity contribution in [3.05, 3.63) is 46.8 Å². The predicted octanol–water partition coefficient (Wildman–Crippen LogP) is 3.22. The monoisotopic (exact) mass is 346 g/mol. The quantitative estimate of drug-likeness (QED) is 0.926. The van der Waals surface area contributed by atoms with Gasteiger partial charge >= 0.3 is 0 Å². The average molecular weight is 347 g/mol. The Balaban J connectivity index is 1.78. The maximum Gasteiger partial charge on any atom is 0.272 e. The number of halogens is 1. The molecule has 0 unspecified atom stereocenters. The Bertz CT molecular complexity index is 656. The first kappa shape index (κ1) is 14.0. The molecule has 2 heterocycles. The number of benzene rings is 1. The molecule has 0 aliphatic carbocycles. The normalized spacial score (nSPS) is 14.2. The summed E-state index contributed by atoms with van der Waals surface area (Å²) in [5, 5.41) is 3.18. The van der Waals surface area contributed by atoms with Crippen molar-refractivity contribution in [3.8, 4) is 0 Å². The fourth-order valence-electron chi connectivity index (χ4n) is 2.34. The van der Waals surface area contributed by atoms with Gasteiger partial charge in [0.1, 0.15) is 17.8 Å². The molecule has 1 aliphatic heterocycles. The van der Waals surface area contributed by atoms with Gasteiger partial charge in [0.05, 0.1) is 0 Å². The third kappa shape index (κ3) is 3.39. The fourth-order valence-corrected chi connectivity index (χ4v) is 2.74. The number of rotatable bonds is 3. The van der Waals surface area contributed by atoms with Gasteiger partial charge < -0.3 is 10.2 Å². The van der Waals surface area contributed by atoms with Crippen molar-refractivity contribution in [3.63, 3.8) is 0 Å². The topological polar surface area (TPSA) is 58.1 Å². The number of aromatic nitrogens is 2. The Kier molecular flexibility index (Phi) is 4.15. The zero-order valence-electron chi connectivity index (χ0n) is 11.4. The third-order valence-corrected chi connectivity index (χ3v) is 3.87. The van der Waals surface area contributed by atoms with Crippen LogP contribution >= 0.6 is 15.9 Å². The molecule has 5 nitrogen and oxygen atoms in total. The molecule has 0 bridgehead atoms. The molecule has 1 aliphatic rings. The lowest BCUT2D eigenvalue weighted by Gasteiger charge is -2.14. The van der Waals surface area contributed by atoms with Crippen LogP contribution < -0.4 is 5.32 Å². The summed E-state index contributed by atoms with van der Waals surface area (Å²) in [6.07, 6.45) is 3.56. The second-order valence-corrected chi connectivity index (χ2v) is 5.84. The number of amides is 1. The molecule has 0 radical (unpaired) electrons. The third-order valence-electron chi connectivity index (χ3n) is 3.38. The summed E-state index contributed by atoms with van der Waals surface area (Å²) in [4.78, 5) is 22.4. The van der Waals surface area contributed by atoms with Crippen LogP contribution in [0.15, 0.2) is 41.1 Å². The van der Waals surface area contributed by atoms with Gasteiger partial charge in [-0.15, -0.1) is 0 Å². The molecule has 1 N–H and O–H groups in total. The van der Waals surface area contributed by atoms with Crippen LogP contribution in [0.4, 0.5) is 11.5 Å². The molecule has 108 valence electrons. The number of likely N-dealkylation sites (tertiary alicyclic amines) is 1. The van der Waals surface area contributed by atoms with Crippen LogP contribution in [0.5, 0.6) is 0 Å². The van der Waals surface area contributed by atoms with E-state index in [1.54, 1.807) is 6.07 Å². The first-order valence-electron chi connectivity index (χ1n) is 6.86. The van der Waals surface area contributed by atoms with Crippen LogP contribution in [0.2, 0.25) is 0 Å². The molecule has 3 rings (SSSR count). The standard InChI is InChI=1S/C15H15BrN4O/c16-11-4-3-5-12(8-11)19-14-9-13(17-10-18-14)15(21)20-6-1-2-7-20/h3-5,8-10H,1-2,6-7H2,(H,17,18,19). The fraction of sp³-hybridized carbons (Fsp3) is 0.267. The highest BCUT2D eigenvalue weighted by Gasteiger charge is 2.20. The van der Waals surface area contributed by atoms with Gasteiger partial charge in [0.25, 0.3) is 5.91 Å². The van der Waals surface area contributed by atoms with Gasteiger partial charge in [-0.25, -0.2) is 9.97 Å². The SMILES string of the molecule is O=C(c1cc(Nc2cccc(Br)c2)ncn1)N1CCCC1. The van der Waals surface area contributed by atoms with Gasteiger partial charge in [-0.05, 0) is 31.0 Å². The summed E-state index contributed by atoms with van der Waals surface area (Å²) >= 11 is 3.42. The van der Waals surface area contributed by atoms with Crippen LogP contribution in [0.25, 0.3) is 0 Å². The minimum Gasteiger partial charge on any atom is -0.340 e. The minimum atomic E-state index is -0.0211.